The highest BCUT2D eigenvalue weighted by atomic mass is 14.9. The summed E-state index contributed by atoms with van der Waals surface area (Å²) in [5, 5.41) is 0. The first-order chi connectivity index (χ1) is 6.94. The minimum absolute atomic E-state index is 0.219. The molecule has 2 rings (SSSR count). The molecule has 0 saturated carbocycles. The van der Waals surface area contributed by atoms with Crippen molar-refractivity contribution in [2.75, 3.05) is 0 Å². The molecule has 1 aromatic carbocycles. The Kier molecular flexibility index (Phi) is 2.27. The van der Waals surface area contributed by atoms with Crippen LogP contribution in [0.15, 0.2) is 18.2 Å². The van der Waals surface area contributed by atoms with Gasteiger partial charge in [0, 0.05) is 12.0 Å². The van der Waals surface area contributed by atoms with Crippen LogP contribution in [0.2, 0.25) is 0 Å². The van der Waals surface area contributed by atoms with E-state index in [1.54, 1.807) is 0 Å². The monoisotopic (exact) mass is 203 g/mol. The molecule has 1 aromatic heterocycles. The molecule has 3 heteroatoms. The van der Waals surface area contributed by atoms with Crippen LogP contribution in [0.5, 0.6) is 0 Å². The van der Waals surface area contributed by atoms with Gasteiger partial charge in [-0.2, -0.15) is 0 Å². The van der Waals surface area contributed by atoms with Crippen molar-refractivity contribution in [3.8, 4) is 0 Å². The molecule has 3 N–H and O–H groups in total. The van der Waals surface area contributed by atoms with Crippen LogP contribution >= 0.6 is 0 Å². The molecular weight excluding hydrogens is 186 g/mol. The molecule has 0 amide bonds. The number of aromatic nitrogens is 2. The molecule has 0 spiro atoms. The maximum absolute atomic E-state index is 5.96. The molecular formula is C12H17N3. The summed E-state index contributed by atoms with van der Waals surface area (Å²) in [5.74, 6) is 0.961. The van der Waals surface area contributed by atoms with Crippen molar-refractivity contribution >= 4 is 11.0 Å². The van der Waals surface area contributed by atoms with Gasteiger partial charge in [0.2, 0.25) is 0 Å². The van der Waals surface area contributed by atoms with Crippen LogP contribution in [-0.4, -0.2) is 15.5 Å². The van der Waals surface area contributed by atoms with Crippen LogP contribution < -0.4 is 5.73 Å². The molecule has 0 radical (unpaired) electrons. The van der Waals surface area contributed by atoms with Crippen molar-refractivity contribution in [2.45, 2.75) is 32.7 Å². The second-order valence-corrected chi connectivity index (χ2v) is 4.87. The van der Waals surface area contributed by atoms with E-state index in [0.29, 0.717) is 0 Å². The van der Waals surface area contributed by atoms with Crippen LogP contribution in [0.3, 0.4) is 0 Å². The molecule has 0 atom stereocenters. The van der Waals surface area contributed by atoms with E-state index in [4.69, 9.17) is 5.73 Å². The number of hydrogen-bond donors (Lipinski definition) is 2. The first-order valence-electron chi connectivity index (χ1n) is 5.18. The minimum Gasteiger partial charge on any atom is -0.342 e. The third-order valence-corrected chi connectivity index (χ3v) is 2.31. The molecule has 80 valence electrons. The Morgan fingerprint density at radius 3 is 2.80 bits per heavy atom. The van der Waals surface area contributed by atoms with Gasteiger partial charge in [0.15, 0.2) is 0 Å². The van der Waals surface area contributed by atoms with Crippen molar-refractivity contribution in [1.82, 2.24) is 9.97 Å². The number of aryl methyl sites for hydroxylation is 1. The summed E-state index contributed by atoms with van der Waals surface area (Å²) >= 11 is 0. The number of nitrogens with two attached hydrogens (primary N) is 1. The van der Waals surface area contributed by atoms with E-state index in [-0.39, 0.29) is 5.54 Å². The van der Waals surface area contributed by atoms with Gasteiger partial charge in [-0.05, 0) is 38.5 Å². The first-order valence-corrected chi connectivity index (χ1v) is 5.18. The van der Waals surface area contributed by atoms with Crippen molar-refractivity contribution in [3.63, 3.8) is 0 Å². The van der Waals surface area contributed by atoms with Gasteiger partial charge in [0.1, 0.15) is 5.82 Å². The predicted octanol–water partition coefficient (Wildman–Crippen LogP) is 2.15. The summed E-state index contributed by atoms with van der Waals surface area (Å²) in [6.45, 7) is 6.09. The summed E-state index contributed by atoms with van der Waals surface area (Å²) in [6, 6.07) is 6.21. The Morgan fingerprint density at radius 2 is 2.13 bits per heavy atom. The molecule has 2 aromatic rings. The number of hydrogen-bond acceptors (Lipinski definition) is 2. The van der Waals surface area contributed by atoms with Crippen LogP contribution in [0.25, 0.3) is 11.0 Å². The van der Waals surface area contributed by atoms with Crippen LogP contribution in [0, 0.1) is 6.92 Å². The Hall–Kier alpha value is -1.35. The summed E-state index contributed by atoms with van der Waals surface area (Å²) in [5.41, 5.74) is 9.09. The second-order valence-electron chi connectivity index (χ2n) is 4.87. The van der Waals surface area contributed by atoms with E-state index in [2.05, 4.69) is 29.0 Å². The van der Waals surface area contributed by atoms with Gasteiger partial charge in [-0.15, -0.1) is 0 Å². The third-order valence-electron chi connectivity index (χ3n) is 2.31. The van der Waals surface area contributed by atoms with E-state index in [1.807, 2.05) is 19.9 Å². The molecule has 0 aliphatic heterocycles. The summed E-state index contributed by atoms with van der Waals surface area (Å²) < 4.78 is 0. The lowest BCUT2D eigenvalue weighted by Crippen LogP contribution is -2.34. The molecule has 0 fully saturated rings. The Balaban J connectivity index is 2.39. The van der Waals surface area contributed by atoms with Gasteiger partial charge in [0.25, 0.3) is 0 Å². The Morgan fingerprint density at radius 1 is 1.40 bits per heavy atom. The molecule has 3 nitrogen and oxygen atoms in total. The number of benzene rings is 1. The zero-order valence-corrected chi connectivity index (χ0v) is 9.46. The summed E-state index contributed by atoms with van der Waals surface area (Å²) in [6.07, 6.45) is 0.765. The number of fused-ring (bicyclic) bond motifs is 1. The smallest absolute Gasteiger partial charge is 0.109 e. The van der Waals surface area contributed by atoms with Gasteiger partial charge in [-0.25, -0.2) is 4.98 Å². The number of rotatable bonds is 2. The number of H-pyrrole nitrogens is 1. The topological polar surface area (TPSA) is 54.7 Å². The SMILES string of the molecule is Cc1ccc2nc(CC(C)(C)N)[nH]c2c1. The fraction of sp³-hybridized carbons (Fsp3) is 0.417. The fourth-order valence-electron chi connectivity index (χ4n) is 1.69. The van der Waals surface area contributed by atoms with E-state index >= 15 is 0 Å². The highest BCUT2D eigenvalue weighted by Gasteiger charge is 2.14. The molecule has 0 saturated heterocycles. The fourth-order valence-corrected chi connectivity index (χ4v) is 1.69. The number of nitrogens with one attached hydrogen (secondary N) is 1. The van der Waals surface area contributed by atoms with E-state index in [1.165, 1.54) is 5.56 Å². The van der Waals surface area contributed by atoms with Crippen molar-refractivity contribution in [3.05, 3.63) is 29.6 Å². The van der Waals surface area contributed by atoms with E-state index in [0.717, 1.165) is 23.3 Å². The maximum atomic E-state index is 5.96. The van der Waals surface area contributed by atoms with E-state index < -0.39 is 0 Å². The molecule has 0 aliphatic carbocycles. The van der Waals surface area contributed by atoms with Crippen molar-refractivity contribution in [1.29, 1.82) is 0 Å². The minimum atomic E-state index is -0.219. The van der Waals surface area contributed by atoms with Crippen molar-refractivity contribution < 1.29 is 0 Å². The predicted molar refractivity (Wildman–Crippen MR) is 62.8 cm³/mol. The van der Waals surface area contributed by atoms with Gasteiger partial charge in [-0.3, -0.25) is 0 Å². The number of nitrogens with zero attached hydrogens (tertiary/aromatic N) is 1. The average Bonchev–Trinajstić information content (AvgIpc) is 2.42. The quantitative estimate of drug-likeness (QED) is 0.785. The van der Waals surface area contributed by atoms with Crippen molar-refractivity contribution in [2.24, 2.45) is 5.73 Å². The van der Waals surface area contributed by atoms with Crippen LogP contribution in [-0.2, 0) is 6.42 Å². The zero-order valence-electron chi connectivity index (χ0n) is 9.46. The lowest BCUT2D eigenvalue weighted by atomic mass is 10.0. The highest BCUT2D eigenvalue weighted by Crippen LogP contribution is 2.15. The third kappa shape index (κ3) is 2.36. The van der Waals surface area contributed by atoms with Gasteiger partial charge in [0.05, 0.1) is 11.0 Å². The molecule has 15 heavy (non-hydrogen) atoms. The Bertz CT molecular complexity index is 477. The lowest BCUT2D eigenvalue weighted by molar-refractivity contribution is 0.505. The van der Waals surface area contributed by atoms with Gasteiger partial charge >= 0.3 is 0 Å². The molecule has 0 unspecified atom stereocenters. The second kappa shape index (κ2) is 3.35. The molecule has 0 bridgehead atoms. The molecule has 1 heterocycles. The average molecular weight is 203 g/mol. The molecule has 0 aliphatic rings. The standard InChI is InChI=1S/C12H17N3/c1-8-4-5-9-10(6-8)15-11(14-9)7-12(2,3)13/h4-6H,7,13H2,1-3H3,(H,14,15). The summed E-state index contributed by atoms with van der Waals surface area (Å²) in [4.78, 5) is 7.81. The largest absolute Gasteiger partial charge is 0.342 e. The van der Waals surface area contributed by atoms with E-state index in [9.17, 15) is 0 Å². The normalized spacial score (nSPS) is 12.3. The maximum Gasteiger partial charge on any atom is 0.109 e. The zero-order chi connectivity index (χ0) is 11.1. The van der Waals surface area contributed by atoms with Crippen LogP contribution in [0.1, 0.15) is 25.2 Å². The number of imidazole rings is 1. The first kappa shape index (κ1) is 10.2. The highest BCUT2D eigenvalue weighted by molar-refractivity contribution is 5.75. The van der Waals surface area contributed by atoms with Gasteiger partial charge < -0.3 is 10.7 Å². The number of aromatic amines is 1. The summed E-state index contributed by atoms with van der Waals surface area (Å²) in [7, 11) is 0. The van der Waals surface area contributed by atoms with Gasteiger partial charge in [-0.1, -0.05) is 6.07 Å². The van der Waals surface area contributed by atoms with Crippen LogP contribution in [0.4, 0.5) is 0 Å². The lowest BCUT2D eigenvalue weighted by Gasteiger charge is -2.15. The Labute approximate surface area is 89.7 Å².